The van der Waals surface area contributed by atoms with Gasteiger partial charge in [-0.25, -0.2) is 5.43 Å². The molecule has 27 heavy (non-hydrogen) atoms. The first-order chi connectivity index (χ1) is 13.0. The second kappa shape index (κ2) is 6.33. The Morgan fingerprint density at radius 1 is 1.22 bits per heavy atom. The molecule has 0 aliphatic carbocycles. The van der Waals surface area contributed by atoms with E-state index in [-0.39, 0.29) is 11.5 Å². The summed E-state index contributed by atoms with van der Waals surface area (Å²) in [5, 5.41) is 35.7. The van der Waals surface area contributed by atoms with Crippen LogP contribution < -0.4 is 10.5 Å². The van der Waals surface area contributed by atoms with E-state index >= 15 is 0 Å². The summed E-state index contributed by atoms with van der Waals surface area (Å²) in [4.78, 5) is 17.6. The molecule has 0 saturated heterocycles. The molecule has 2 heterocycles. The van der Waals surface area contributed by atoms with Gasteiger partial charge in [0.2, 0.25) is 0 Å². The van der Waals surface area contributed by atoms with Gasteiger partial charge in [0.15, 0.2) is 5.65 Å². The summed E-state index contributed by atoms with van der Waals surface area (Å²) in [6, 6.07) is 9.84. The zero-order valence-electron chi connectivity index (χ0n) is 14.0. The molecular weight excluding hydrogens is 350 g/mol. The van der Waals surface area contributed by atoms with E-state index in [1.165, 1.54) is 18.3 Å². The average Bonchev–Trinajstić information content (AvgIpc) is 3.02. The van der Waals surface area contributed by atoms with E-state index in [1.54, 1.807) is 0 Å². The fraction of sp³-hybridized carbons (Fsp3) is 0.0588. The topological polar surface area (TPSA) is 145 Å². The van der Waals surface area contributed by atoms with Crippen LogP contribution >= 0.6 is 0 Å². The zero-order valence-corrected chi connectivity index (χ0v) is 14.0. The lowest BCUT2D eigenvalue weighted by Gasteiger charge is -2.09. The van der Waals surface area contributed by atoms with Crippen molar-refractivity contribution in [2.24, 2.45) is 5.10 Å². The second-order valence-electron chi connectivity index (χ2n) is 5.78. The molecule has 0 bridgehead atoms. The maximum absolute atomic E-state index is 11.9. The maximum Gasteiger partial charge on any atom is 0.265 e. The van der Waals surface area contributed by atoms with Crippen LogP contribution in [-0.2, 0) is 0 Å². The Balaban J connectivity index is 1.62. The maximum atomic E-state index is 11.9. The summed E-state index contributed by atoms with van der Waals surface area (Å²) in [5.74, 6) is -0.588. The molecule has 2 aromatic heterocycles. The van der Waals surface area contributed by atoms with Gasteiger partial charge in [0.1, 0.15) is 5.52 Å². The molecule has 0 unspecified atom stereocenters. The van der Waals surface area contributed by atoms with Gasteiger partial charge in [-0.05, 0) is 23.8 Å². The number of H-pyrrole nitrogens is 1. The molecule has 0 aliphatic rings. The van der Waals surface area contributed by atoms with Crippen LogP contribution in [0.15, 0.2) is 41.5 Å². The number of nitrogens with one attached hydrogen (secondary N) is 2. The molecule has 134 valence electrons. The Labute approximate surface area is 151 Å². The minimum absolute atomic E-state index is 0.0759. The largest absolute Gasteiger partial charge is 0.867 e. The van der Waals surface area contributed by atoms with Crippen LogP contribution in [0.4, 0.5) is 11.6 Å². The van der Waals surface area contributed by atoms with E-state index in [9.17, 15) is 15.2 Å². The molecule has 0 radical (unpaired) electrons. The van der Waals surface area contributed by atoms with Gasteiger partial charge in [-0.3, -0.25) is 10.1 Å². The lowest BCUT2D eigenvalue weighted by atomic mass is 10.1. The molecule has 0 fully saturated rings. The molecule has 4 rings (SSSR count). The van der Waals surface area contributed by atoms with Gasteiger partial charge in [0, 0.05) is 11.5 Å². The summed E-state index contributed by atoms with van der Waals surface area (Å²) in [5.41, 5.74) is 5.33. The summed E-state index contributed by atoms with van der Waals surface area (Å²) < 4.78 is 0. The van der Waals surface area contributed by atoms with Crippen LogP contribution in [-0.4, -0.2) is 31.3 Å². The third-order valence-electron chi connectivity index (χ3n) is 4.05. The van der Waals surface area contributed by atoms with E-state index in [2.05, 4.69) is 30.7 Å². The number of aromatic amines is 1. The van der Waals surface area contributed by atoms with E-state index < -0.39 is 16.4 Å². The third kappa shape index (κ3) is 2.88. The number of aromatic nitrogens is 4. The van der Waals surface area contributed by atoms with E-state index in [0.29, 0.717) is 11.2 Å². The predicted octanol–water partition coefficient (Wildman–Crippen LogP) is 2.24. The number of rotatable bonds is 4. The predicted molar refractivity (Wildman–Crippen MR) is 97.7 cm³/mol. The highest BCUT2D eigenvalue weighted by molar-refractivity contribution is 6.04. The molecule has 0 spiro atoms. The third-order valence-corrected chi connectivity index (χ3v) is 4.05. The fourth-order valence-electron chi connectivity index (χ4n) is 2.74. The summed E-state index contributed by atoms with van der Waals surface area (Å²) in [7, 11) is 0. The van der Waals surface area contributed by atoms with Crippen molar-refractivity contribution in [3.05, 3.63) is 57.6 Å². The van der Waals surface area contributed by atoms with Gasteiger partial charge in [-0.15, -0.1) is 10.2 Å². The number of benzene rings is 2. The fourth-order valence-corrected chi connectivity index (χ4v) is 2.74. The Morgan fingerprint density at radius 3 is 2.85 bits per heavy atom. The number of nitro benzene ring substituents is 1. The van der Waals surface area contributed by atoms with Gasteiger partial charge >= 0.3 is 0 Å². The van der Waals surface area contributed by atoms with Crippen molar-refractivity contribution in [2.75, 3.05) is 5.43 Å². The average molecular weight is 362 g/mol. The van der Waals surface area contributed by atoms with Crippen LogP contribution in [0.25, 0.3) is 22.1 Å². The van der Waals surface area contributed by atoms with Gasteiger partial charge in [0.05, 0.1) is 16.7 Å². The van der Waals surface area contributed by atoms with Crippen LogP contribution in [0.2, 0.25) is 0 Å². The highest BCUT2D eigenvalue weighted by Gasteiger charge is 2.10. The van der Waals surface area contributed by atoms with E-state index in [0.717, 1.165) is 22.5 Å². The summed E-state index contributed by atoms with van der Waals surface area (Å²) >= 11 is 0. The molecule has 0 atom stereocenters. The molecule has 0 amide bonds. The van der Waals surface area contributed by atoms with Gasteiger partial charge in [0.25, 0.3) is 11.6 Å². The van der Waals surface area contributed by atoms with Gasteiger partial charge in [-0.1, -0.05) is 30.3 Å². The summed E-state index contributed by atoms with van der Waals surface area (Å²) in [6.45, 7) is 1.98. The number of nitrogens with zero attached hydrogens (tertiary/aromatic N) is 5. The molecule has 0 aliphatic heterocycles. The Kier molecular flexibility index (Phi) is 3.84. The van der Waals surface area contributed by atoms with Crippen molar-refractivity contribution >= 4 is 39.9 Å². The Bertz CT molecular complexity index is 1220. The number of hydrazone groups is 1. The highest BCUT2D eigenvalue weighted by atomic mass is 16.6. The van der Waals surface area contributed by atoms with Crippen LogP contribution in [0.5, 0.6) is 5.75 Å². The van der Waals surface area contributed by atoms with Crippen molar-refractivity contribution in [3.8, 4) is 5.75 Å². The molecule has 0 saturated carbocycles. The molecule has 10 nitrogen and oxygen atoms in total. The smallest absolute Gasteiger partial charge is 0.265 e. The number of aryl methyl sites for hydroxylation is 1. The summed E-state index contributed by atoms with van der Waals surface area (Å²) in [6.07, 6.45) is 1.18. The van der Waals surface area contributed by atoms with Gasteiger partial charge in [-0.2, -0.15) is 10.1 Å². The first kappa shape index (κ1) is 16.4. The Hall–Kier alpha value is -4.08. The normalized spacial score (nSPS) is 11.4. The van der Waals surface area contributed by atoms with Crippen molar-refractivity contribution in [1.29, 1.82) is 0 Å². The van der Waals surface area contributed by atoms with Crippen molar-refractivity contribution in [3.63, 3.8) is 0 Å². The SMILES string of the molecule is Cc1cccc2c1[nH]c1nc(NN=Cc3cccc([N+](=O)[O-])c3[O-])nnc12. The van der Waals surface area contributed by atoms with Crippen LogP contribution in [0.1, 0.15) is 11.1 Å². The number of fused-ring (bicyclic) bond motifs is 3. The van der Waals surface area contributed by atoms with Crippen molar-refractivity contribution in [2.45, 2.75) is 6.92 Å². The minimum Gasteiger partial charge on any atom is -0.867 e. The van der Waals surface area contributed by atoms with E-state index in [1.807, 2.05) is 25.1 Å². The van der Waals surface area contributed by atoms with Gasteiger partial charge < -0.3 is 10.1 Å². The zero-order chi connectivity index (χ0) is 19.0. The number of hydrogen-bond donors (Lipinski definition) is 2. The molecular formula is C17H12N7O3-. The van der Waals surface area contributed by atoms with Crippen LogP contribution in [0, 0.1) is 17.0 Å². The lowest BCUT2D eigenvalue weighted by Crippen LogP contribution is -2.03. The number of anilines is 1. The Morgan fingerprint density at radius 2 is 2.04 bits per heavy atom. The van der Waals surface area contributed by atoms with Crippen molar-refractivity contribution < 1.29 is 10.0 Å². The van der Waals surface area contributed by atoms with Crippen molar-refractivity contribution in [1.82, 2.24) is 20.2 Å². The monoisotopic (exact) mass is 362 g/mol. The highest BCUT2D eigenvalue weighted by Crippen LogP contribution is 2.26. The molecule has 10 heteroatoms. The first-order valence-corrected chi connectivity index (χ1v) is 7.90. The second-order valence-corrected chi connectivity index (χ2v) is 5.78. The van der Waals surface area contributed by atoms with E-state index in [4.69, 9.17) is 0 Å². The molecule has 2 N–H and O–H groups in total. The number of para-hydroxylation sites is 2. The lowest BCUT2D eigenvalue weighted by molar-refractivity contribution is -0.398. The first-order valence-electron chi connectivity index (χ1n) is 7.90. The minimum atomic E-state index is -0.730. The quantitative estimate of drug-likeness (QED) is 0.321. The molecule has 4 aromatic rings. The number of nitro groups is 1. The standard InChI is InChI=1S/C17H13N7O3/c1-9-4-2-6-11-13(9)19-16-14(11)21-23-17(20-16)22-18-8-10-5-3-7-12(15(10)25)24(26)27/h2-8,25H,1H3,(H2,19,20,22,23)/p-1. The number of hydrogen-bond acceptors (Lipinski definition) is 8. The van der Waals surface area contributed by atoms with Crippen LogP contribution in [0.3, 0.4) is 0 Å². The molecule has 2 aromatic carbocycles.